The summed E-state index contributed by atoms with van der Waals surface area (Å²) in [6.45, 7) is 4.22. The molecule has 0 spiro atoms. The molecule has 0 radical (unpaired) electrons. The molecule has 1 unspecified atom stereocenters. The highest BCUT2D eigenvalue weighted by atomic mass is 19.2. The third-order valence-electron chi connectivity index (χ3n) is 7.52. The molecule has 2 aromatic rings. The molecule has 0 nitrogen and oxygen atoms in total. The topological polar surface area (TPSA) is 0 Å². The Hall–Kier alpha value is -2.29. The Morgan fingerprint density at radius 1 is 0.848 bits per heavy atom. The SMILES string of the molecule is CCCC1CCC(c2ccc(-c3ccc(CCC4=CCC(C)C=C4F)cc3)c(F)c2F)CC1. The zero-order chi connectivity index (χ0) is 23.4. The van der Waals surface area contributed by atoms with Crippen LogP contribution in [0, 0.1) is 23.5 Å². The van der Waals surface area contributed by atoms with E-state index in [0.717, 1.165) is 55.6 Å². The molecule has 3 heteroatoms. The second-order valence-electron chi connectivity index (χ2n) is 9.99. The zero-order valence-electron chi connectivity index (χ0n) is 19.8. The standard InChI is InChI=1S/C30H35F3/c1-3-4-21-6-12-23(13-7-21)26-17-18-27(30(33)29(26)32)24-14-8-22(9-15-24)10-16-25-11-5-20(2)19-28(25)31/h8-9,11,14-15,17-21,23H,3-7,10,12-13,16H2,1-2H3. The summed E-state index contributed by atoms with van der Waals surface area (Å²) in [4.78, 5) is 0. The molecule has 33 heavy (non-hydrogen) atoms. The van der Waals surface area contributed by atoms with E-state index in [-0.39, 0.29) is 17.7 Å². The lowest BCUT2D eigenvalue weighted by Crippen LogP contribution is -2.14. The van der Waals surface area contributed by atoms with Gasteiger partial charge >= 0.3 is 0 Å². The van der Waals surface area contributed by atoms with Crippen molar-refractivity contribution in [2.24, 2.45) is 11.8 Å². The average molecular weight is 453 g/mol. The predicted molar refractivity (Wildman–Crippen MR) is 131 cm³/mol. The highest BCUT2D eigenvalue weighted by Gasteiger charge is 2.26. The number of aryl methyl sites for hydroxylation is 1. The van der Waals surface area contributed by atoms with E-state index in [2.05, 4.69) is 6.92 Å². The Morgan fingerprint density at radius 2 is 1.58 bits per heavy atom. The maximum Gasteiger partial charge on any atom is 0.166 e. The van der Waals surface area contributed by atoms with Crippen LogP contribution in [0.1, 0.15) is 82.3 Å². The number of benzene rings is 2. The average Bonchev–Trinajstić information content (AvgIpc) is 2.82. The fraction of sp³-hybridized carbons (Fsp3) is 0.467. The maximum absolute atomic E-state index is 15.0. The van der Waals surface area contributed by atoms with Crippen molar-refractivity contribution in [2.45, 2.75) is 77.6 Å². The van der Waals surface area contributed by atoms with E-state index < -0.39 is 11.6 Å². The summed E-state index contributed by atoms with van der Waals surface area (Å²) in [5.41, 5.74) is 3.34. The molecule has 2 aliphatic rings. The molecule has 1 fully saturated rings. The molecule has 0 aliphatic heterocycles. The van der Waals surface area contributed by atoms with Crippen molar-refractivity contribution in [3.63, 3.8) is 0 Å². The van der Waals surface area contributed by atoms with Crippen LogP contribution in [0.3, 0.4) is 0 Å². The van der Waals surface area contributed by atoms with Crippen molar-refractivity contribution < 1.29 is 13.2 Å². The summed E-state index contributed by atoms with van der Waals surface area (Å²) in [6.07, 6.45) is 12.5. The van der Waals surface area contributed by atoms with Gasteiger partial charge in [-0.15, -0.1) is 0 Å². The van der Waals surface area contributed by atoms with Crippen molar-refractivity contribution in [3.8, 4) is 11.1 Å². The van der Waals surface area contributed by atoms with E-state index in [1.165, 1.54) is 12.8 Å². The third kappa shape index (κ3) is 5.62. The molecule has 2 aliphatic carbocycles. The Bertz CT molecular complexity index is 1010. The summed E-state index contributed by atoms with van der Waals surface area (Å²) in [5, 5.41) is 0. The van der Waals surface area contributed by atoms with Gasteiger partial charge in [0, 0.05) is 5.56 Å². The van der Waals surface area contributed by atoms with Gasteiger partial charge in [-0.2, -0.15) is 0 Å². The van der Waals surface area contributed by atoms with E-state index in [1.54, 1.807) is 18.2 Å². The maximum atomic E-state index is 15.0. The summed E-state index contributed by atoms with van der Waals surface area (Å²) in [5.74, 6) is -0.425. The number of hydrogen-bond acceptors (Lipinski definition) is 0. The molecule has 1 atom stereocenters. The van der Waals surface area contributed by atoms with Crippen molar-refractivity contribution in [1.82, 2.24) is 0 Å². The van der Waals surface area contributed by atoms with E-state index >= 15 is 8.78 Å². The fourth-order valence-corrected chi connectivity index (χ4v) is 5.48. The van der Waals surface area contributed by atoms with E-state index in [9.17, 15) is 4.39 Å². The van der Waals surface area contributed by atoms with Gasteiger partial charge in [-0.25, -0.2) is 13.2 Å². The molecule has 0 N–H and O–H groups in total. The summed E-state index contributed by atoms with van der Waals surface area (Å²) < 4.78 is 44.2. The zero-order valence-corrected chi connectivity index (χ0v) is 19.8. The van der Waals surface area contributed by atoms with Crippen LogP contribution in [0.25, 0.3) is 11.1 Å². The highest BCUT2D eigenvalue weighted by Crippen LogP contribution is 2.40. The summed E-state index contributed by atoms with van der Waals surface area (Å²) in [6, 6.07) is 11.1. The fourth-order valence-electron chi connectivity index (χ4n) is 5.48. The lowest BCUT2D eigenvalue weighted by molar-refractivity contribution is 0.303. The van der Waals surface area contributed by atoms with Gasteiger partial charge < -0.3 is 0 Å². The van der Waals surface area contributed by atoms with Crippen LogP contribution in [0.2, 0.25) is 0 Å². The minimum absolute atomic E-state index is 0.109. The Balaban J connectivity index is 1.42. The van der Waals surface area contributed by atoms with Crippen LogP contribution in [-0.2, 0) is 6.42 Å². The largest absolute Gasteiger partial charge is 0.207 e. The van der Waals surface area contributed by atoms with Gasteiger partial charge in [0.1, 0.15) is 5.83 Å². The normalized spacial score (nSPS) is 23.2. The summed E-state index contributed by atoms with van der Waals surface area (Å²) >= 11 is 0. The van der Waals surface area contributed by atoms with Crippen LogP contribution >= 0.6 is 0 Å². The molecule has 0 heterocycles. The van der Waals surface area contributed by atoms with E-state index in [4.69, 9.17) is 0 Å². The second-order valence-corrected chi connectivity index (χ2v) is 9.99. The van der Waals surface area contributed by atoms with E-state index in [0.29, 0.717) is 23.1 Å². The second kappa shape index (κ2) is 10.8. The first-order chi connectivity index (χ1) is 16.0. The van der Waals surface area contributed by atoms with Crippen LogP contribution in [0.5, 0.6) is 0 Å². The van der Waals surface area contributed by atoms with Crippen molar-refractivity contribution >= 4 is 0 Å². The van der Waals surface area contributed by atoms with Crippen molar-refractivity contribution in [3.05, 3.63) is 82.7 Å². The van der Waals surface area contributed by atoms with Gasteiger partial charge in [-0.1, -0.05) is 69.2 Å². The Labute approximate surface area is 196 Å². The molecule has 1 saturated carbocycles. The number of hydrogen-bond donors (Lipinski definition) is 0. The number of rotatable bonds is 7. The van der Waals surface area contributed by atoms with E-state index in [1.807, 2.05) is 37.3 Å². The van der Waals surface area contributed by atoms with Crippen LogP contribution < -0.4 is 0 Å². The van der Waals surface area contributed by atoms with Crippen molar-refractivity contribution in [1.29, 1.82) is 0 Å². The summed E-state index contributed by atoms with van der Waals surface area (Å²) in [7, 11) is 0. The van der Waals surface area contributed by atoms with Gasteiger partial charge in [0.2, 0.25) is 0 Å². The van der Waals surface area contributed by atoms with Crippen LogP contribution in [0.4, 0.5) is 13.2 Å². The molecule has 2 aromatic carbocycles. The Kier molecular flexibility index (Phi) is 7.78. The van der Waals surface area contributed by atoms with Gasteiger partial charge in [0.15, 0.2) is 11.6 Å². The van der Waals surface area contributed by atoms with Crippen LogP contribution in [0.15, 0.2) is 60.0 Å². The van der Waals surface area contributed by atoms with Gasteiger partial charge in [0.25, 0.3) is 0 Å². The first-order valence-electron chi connectivity index (χ1n) is 12.6. The lowest BCUT2D eigenvalue weighted by atomic mass is 9.77. The van der Waals surface area contributed by atoms with Gasteiger partial charge in [-0.05, 0) is 91.0 Å². The molecule has 0 saturated heterocycles. The predicted octanol–water partition coefficient (Wildman–Crippen LogP) is 9.46. The Morgan fingerprint density at radius 3 is 2.24 bits per heavy atom. The van der Waals surface area contributed by atoms with Crippen LogP contribution in [-0.4, -0.2) is 0 Å². The first-order valence-corrected chi connectivity index (χ1v) is 12.6. The minimum atomic E-state index is -0.746. The van der Waals surface area contributed by atoms with Gasteiger partial charge in [-0.3, -0.25) is 0 Å². The smallest absolute Gasteiger partial charge is 0.166 e. The molecular weight excluding hydrogens is 417 g/mol. The molecule has 176 valence electrons. The molecular formula is C30H35F3. The quantitative estimate of drug-likeness (QED) is 0.392. The monoisotopic (exact) mass is 452 g/mol. The van der Waals surface area contributed by atoms with Gasteiger partial charge in [0.05, 0.1) is 0 Å². The molecule has 0 bridgehead atoms. The van der Waals surface area contributed by atoms with Crippen molar-refractivity contribution in [2.75, 3.05) is 0 Å². The molecule has 0 amide bonds. The minimum Gasteiger partial charge on any atom is -0.207 e. The third-order valence-corrected chi connectivity index (χ3v) is 7.52. The number of allylic oxidation sites excluding steroid dienone is 4. The first kappa shape index (κ1) is 23.9. The number of halogens is 3. The highest BCUT2D eigenvalue weighted by molar-refractivity contribution is 5.65. The lowest BCUT2D eigenvalue weighted by Gasteiger charge is -2.29. The molecule has 4 rings (SSSR count). The molecule has 0 aromatic heterocycles.